The summed E-state index contributed by atoms with van der Waals surface area (Å²) in [4.78, 5) is 12.2. The predicted octanol–water partition coefficient (Wildman–Crippen LogP) is 4.54. The number of esters is 1. The zero-order valence-electron chi connectivity index (χ0n) is 13.4. The Morgan fingerprint density at radius 3 is 2.48 bits per heavy atom. The van der Waals surface area contributed by atoms with Crippen LogP contribution in [0.1, 0.15) is 49.5 Å². The highest BCUT2D eigenvalue weighted by Gasteiger charge is 2.20. The molecule has 0 aromatic heterocycles. The minimum Gasteiger partial charge on any atom is -0.445 e. The summed E-state index contributed by atoms with van der Waals surface area (Å²) in [5.41, 5.74) is 2.45. The van der Waals surface area contributed by atoms with Gasteiger partial charge < -0.3 is 4.74 Å². The molecule has 1 aromatic carbocycles. The lowest BCUT2D eigenvalue weighted by atomic mass is 9.99. The van der Waals surface area contributed by atoms with Gasteiger partial charge in [-0.15, -0.1) is 0 Å². The summed E-state index contributed by atoms with van der Waals surface area (Å²) >= 11 is 0. The molecule has 1 aromatic rings. The van der Waals surface area contributed by atoms with E-state index in [0.717, 1.165) is 24.0 Å². The Kier molecular flexibility index (Phi) is 6.75. The van der Waals surface area contributed by atoms with Crippen LogP contribution in [-0.4, -0.2) is 12.1 Å². The van der Waals surface area contributed by atoms with Crippen LogP contribution in [0.4, 0.5) is 0 Å². The number of allylic oxidation sites excluding steroid dienone is 1. The van der Waals surface area contributed by atoms with Gasteiger partial charge in [-0.3, -0.25) is 0 Å². The van der Waals surface area contributed by atoms with E-state index in [2.05, 4.69) is 32.3 Å². The van der Waals surface area contributed by atoms with E-state index >= 15 is 0 Å². The first-order valence-corrected chi connectivity index (χ1v) is 7.38. The molecule has 0 spiro atoms. The number of carbonyl (C=O) groups excluding carboxylic acids is 1. The third-order valence-electron chi connectivity index (χ3n) is 3.21. The molecule has 2 unspecified atom stereocenters. The van der Waals surface area contributed by atoms with Gasteiger partial charge in [0, 0.05) is 5.92 Å². The van der Waals surface area contributed by atoms with Crippen molar-refractivity contribution in [1.29, 1.82) is 0 Å². The lowest BCUT2D eigenvalue weighted by molar-refractivity contribution is 0.0305. The van der Waals surface area contributed by atoms with Crippen molar-refractivity contribution >= 4 is 5.97 Å². The third kappa shape index (κ3) is 5.87. The molecule has 0 aliphatic rings. The SMILES string of the molecule is C=C(C)C#CC(OC(=O)c1ccc(C)cc1)C(C)CCC. The average Bonchev–Trinajstić information content (AvgIpc) is 2.43. The fourth-order valence-electron chi connectivity index (χ4n) is 1.96. The van der Waals surface area contributed by atoms with Crippen molar-refractivity contribution in [1.82, 2.24) is 0 Å². The minimum atomic E-state index is -0.393. The van der Waals surface area contributed by atoms with Crippen LogP contribution < -0.4 is 0 Å². The number of hydrogen-bond acceptors (Lipinski definition) is 2. The minimum absolute atomic E-state index is 0.205. The Morgan fingerprint density at radius 1 is 1.33 bits per heavy atom. The molecule has 0 amide bonds. The molecule has 2 nitrogen and oxygen atoms in total. The Bertz CT molecular complexity index is 543. The maximum absolute atomic E-state index is 12.2. The lowest BCUT2D eigenvalue weighted by Gasteiger charge is -2.19. The molecular weight excluding hydrogens is 260 g/mol. The van der Waals surface area contributed by atoms with Crippen molar-refractivity contribution in [3.05, 3.63) is 47.5 Å². The van der Waals surface area contributed by atoms with Crippen LogP contribution in [-0.2, 0) is 4.74 Å². The molecule has 0 radical (unpaired) electrons. The third-order valence-corrected chi connectivity index (χ3v) is 3.21. The van der Waals surface area contributed by atoms with Gasteiger partial charge in [0.15, 0.2) is 6.10 Å². The maximum atomic E-state index is 12.2. The fourth-order valence-corrected chi connectivity index (χ4v) is 1.96. The quantitative estimate of drug-likeness (QED) is 0.586. The van der Waals surface area contributed by atoms with Gasteiger partial charge in [-0.25, -0.2) is 4.79 Å². The molecule has 0 heterocycles. The molecular formula is C19H24O2. The number of rotatable bonds is 5. The van der Waals surface area contributed by atoms with Crippen LogP contribution >= 0.6 is 0 Å². The van der Waals surface area contributed by atoms with Gasteiger partial charge in [-0.1, -0.05) is 56.4 Å². The molecule has 2 heteroatoms. The van der Waals surface area contributed by atoms with Gasteiger partial charge in [0.1, 0.15) is 0 Å². The number of hydrogen-bond donors (Lipinski definition) is 0. The van der Waals surface area contributed by atoms with Gasteiger partial charge in [-0.05, 0) is 38.0 Å². The van der Waals surface area contributed by atoms with Crippen LogP contribution in [0, 0.1) is 24.7 Å². The lowest BCUT2D eigenvalue weighted by Crippen LogP contribution is -2.24. The van der Waals surface area contributed by atoms with Crippen molar-refractivity contribution in [2.45, 2.75) is 46.6 Å². The number of benzene rings is 1. The summed E-state index contributed by atoms with van der Waals surface area (Å²) in [5, 5.41) is 0. The number of carbonyl (C=O) groups is 1. The Labute approximate surface area is 128 Å². The highest BCUT2D eigenvalue weighted by Crippen LogP contribution is 2.16. The standard InChI is InChI=1S/C19H24O2/c1-6-7-16(5)18(13-8-14(2)3)21-19(20)17-11-9-15(4)10-12-17/h9-12,16,18H,2,6-7H2,1,3-5H3. The molecule has 2 atom stereocenters. The normalized spacial score (nSPS) is 12.8. The largest absolute Gasteiger partial charge is 0.445 e. The van der Waals surface area contributed by atoms with Crippen LogP contribution in [0.3, 0.4) is 0 Å². The van der Waals surface area contributed by atoms with Crippen molar-refractivity contribution in [3.63, 3.8) is 0 Å². The molecule has 1 rings (SSSR count). The smallest absolute Gasteiger partial charge is 0.339 e. The number of ether oxygens (including phenoxy) is 1. The number of aryl methyl sites for hydroxylation is 1. The zero-order valence-corrected chi connectivity index (χ0v) is 13.4. The summed E-state index contributed by atoms with van der Waals surface area (Å²) in [6.45, 7) is 11.8. The Hall–Kier alpha value is -2.01. The van der Waals surface area contributed by atoms with Gasteiger partial charge in [-0.2, -0.15) is 0 Å². The van der Waals surface area contributed by atoms with Crippen LogP contribution in [0.5, 0.6) is 0 Å². The van der Waals surface area contributed by atoms with Crippen molar-refractivity contribution in [3.8, 4) is 11.8 Å². The van der Waals surface area contributed by atoms with Gasteiger partial charge in [0.25, 0.3) is 0 Å². The molecule has 0 saturated carbocycles. The molecule has 0 aliphatic carbocycles. The molecule has 0 bridgehead atoms. The predicted molar refractivity (Wildman–Crippen MR) is 87.0 cm³/mol. The van der Waals surface area contributed by atoms with E-state index in [-0.39, 0.29) is 11.9 Å². The highest BCUT2D eigenvalue weighted by atomic mass is 16.5. The van der Waals surface area contributed by atoms with E-state index in [0.29, 0.717) is 5.56 Å². The fraction of sp³-hybridized carbons (Fsp3) is 0.421. The molecule has 0 saturated heterocycles. The summed E-state index contributed by atoms with van der Waals surface area (Å²) in [6.07, 6.45) is 1.61. The van der Waals surface area contributed by atoms with Gasteiger partial charge in [0.2, 0.25) is 0 Å². The van der Waals surface area contributed by atoms with Crippen LogP contribution in [0.2, 0.25) is 0 Å². The monoisotopic (exact) mass is 284 g/mol. The Balaban J connectivity index is 2.85. The highest BCUT2D eigenvalue weighted by molar-refractivity contribution is 5.89. The summed E-state index contributed by atoms with van der Waals surface area (Å²) < 4.78 is 5.59. The second-order valence-corrected chi connectivity index (χ2v) is 5.51. The van der Waals surface area contributed by atoms with E-state index in [9.17, 15) is 4.79 Å². The van der Waals surface area contributed by atoms with E-state index < -0.39 is 6.10 Å². The van der Waals surface area contributed by atoms with Gasteiger partial charge >= 0.3 is 5.97 Å². The second kappa shape index (κ2) is 8.32. The average molecular weight is 284 g/mol. The maximum Gasteiger partial charge on any atom is 0.339 e. The van der Waals surface area contributed by atoms with E-state index in [1.54, 1.807) is 12.1 Å². The Morgan fingerprint density at radius 2 is 1.95 bits per heavy atom. The topological polar surface area (TPSA) is 26.3 Å². The molecule has 21 heavy (non-hydrogen) atoms. The van der Waals surface area contributed by atoms with Crippen LogP contribution in [0.15, 0.2) is 36.4 Å². The van der Waals surface area contributed by atoms with Crippen molar-refractivity contribution < 1.29 is 9.53 Å². The molecule has 0 N–H and O–H groups in total. The van der Waals surface area contributed by atoms with E-state index in [1.165, 1.54) is 0 Å². The second-order valence-electron chi connectivity index (χ2n) is 5.51. The summed E-state index contributed by atoms with van der Waals surface area (Å²) in [6, 6.07) is 7.37. The van der Waals surface area contributed by atoms with Gasteiger partial charge in [0.05, 0.1) is 5.56 Å². The first-order chi connectivity index (χ1) is 9.93. The van der Waals surface area contributed by atoms with E-state index in [4.69, 9.17) is 4.74 Å². The van der Waals surface area contributed by atoms with Crippen molar-refractivity contribution in [2.75, 3.05) is 0 Å². The molecule has 112 valence electrons. The molecule has 0 fully saturated rings. The van der Waals surface area contributed by atoms with E-state index in [1.807, 2.05) is 26.0 Å². The summed E-state index contributed by atoms with van der Waals surface area (Å²) in [7, 11) is 0. The van der Waals surface area contributed by atoms with Crippen molar-refractivity contribution in [2.24, 2.45) is 5.92 Å². The first-order valence-electron chi connectivity index (χ1n) is 7.38. The zero-order chi connectivity index (χ0) is 15.8. The first kappa shape index (κ1) is 17.0. The van der Waals surface area contributed by atoms with Crippen LogP contribution in [0.25, 0.3) is 0 Å². The summed E-state index contributed by atoms with van der Waals surface area (Å²) in [5.74, 6) is 5.84. The molecule has 0 aliphatic heterocycles.